The van der Waals surface area contributed by atoms with E-state index in [-0.39, 0.29) is 5.91 Å². The van der Waals surface area contributed by atoms with Gasteiger partial charge in [0.05, 0.1) is 31.3 Å². The molecule has 1 aromatic rings. The van der Waals surface area contributed by atoms with Crippen LogP contribution in [0, 0.1) is 11.3 Å². The lowest BCUT2D eigenvalue weighted by molar-refractivity contribution is -0.117. The Morgan fingerprint density at radius 2 is 2.16 bits per heavy atom. The van der Waals surface area contributed by atoms with E-state index >= 15 is 0 Å². The van der Waals surface area contributed by atoms with Crippen LogP contribution < -0.4 is 5.32 Å². The van der Waals surface area contributed by atoms with Crippen molar-refractivity contribution in [2.45, 2.75) is 19.8 Å². The van der Waals surface area contributed by atoms with E-state index < -0.39 is 0 Å². The van der Waals surface area contributed by atoms with E-state index in [2.05, 4.69) is 11.9 Å². The van der Waals surface area contributed by atoms with Gasteiger partial charge in [-0.3, -0.25) is 4.79 Å². The lowest BCUT2D eigenvalue weighted by Gasteiger charge is -2.06. The Bertz CT molecular complexity index is 489. The van der Waals surface area contributed by atoms with E-state index in [1.165, 1.54) is 0 Å². The second-order valence-electron chi connectivity index (χ2n) is 4.31. The molecule has 100 valence electrons. The van der Waals surface area contributed by atoms with Gasteiger partial charge in [-0.05, 0) is 31.5 Å². The SMILES string of the molecule is C=C(C)CCOCCC(=O)Nc1cccc(C#N)c1. The molecule has 0 aliphatic carbocycles. The van der Waals surface area contributed by atoms with Crippen LogP contribution >= 0.6 is 0 Å². The summed E-state index contributed by atoms with van der Waals surface area (Å²) in [5.74, 6) is -0.120. The van der Waals surface area contributed by atoms with Crippen molar-refractivity contribution in [3.05, 3.63) is 42.0 Å². The molecule has 0 unspecified atom stereocenters. The Hall–Kier alpha value is -2.12. The summed E-state index contributed by atoms with van der Waals surface area (Å²) in [7, 11) is 0. The first kappa shape index (κ1) is 14.9. The van der Waals surface area contributed by atoms with Gasteiger partial charge in [0.15, 0.2) is 0 Å². The fraction of sp³-hybridized carbons (Fsp3) is 0.333. The Kier molecular flexibility index (Phi) is 6.34. The minimum Gasteiger partial charge on any atom is -0.381 e. The first-order chi connectivity index (χ1) is 9.11. The highest BCUT2D eigenvalue weighted by Gasteiger charge is 2.03. The molecule has 0 saturated heterocycles. The maximum atomic E-state index is 11.6. The molecule has 1 aromatic carbocycles. The molecular weight excluding hydrogens is 240 g/mol. The number of hydrogen-bond donors (Lipinski definition) is 1. The summed E-state index contributed by atoms with van der Waals surface area (Å²) < 4.78 is 5.32. The summed E-state index contributed by atoms with van der Waals surface area (Å²) in [6.45, 7) is 6.69. The van der Waals surface area contributed by atoms with Gasteiger partial charge in [0.1, 0.15) is 0 Å². The fourth-order valence-corrected chi connectivity index (χ4v) is 1.40. The molecule has 0 aromatic heterocycles. The highest BCUT2D eigenvalue weighted by Crippen LogP contribution is 2.10. The molecule has 0 atom stereocenters. The van der Waals surface area contributed by atoms with Crippen molar-refractivity contribution < 1.29 is 9.53 Å². The number of nitrogens with one attached hydrogen (secondary N) is 1. The van der Waals surface area contributed by atoms with Crippen LogP contribution in [0.5, 0.6) is 0 Å². The van der Waals surface area contributed by atoms with Gasteiger partial charge >= 0.3 is 0 Å². The molecule has 0 fully saturated rings. The number of ether oxygens (including phenoxy) is 1. The number of rotatable bonds is 7. The van der Waals surface area contributed by atoms with E-state index in [1.807, 2.05) is 13.0 Å². The normalized spacial score (nSPS) is 9.68. The number of amides is 1. The molecular formula is C15H18N2O2. The predicted molar refractivity (Wildman–Crippen MR) is 74.7 cm³/mol. The smallest absolute Gasteiger partial charge is 0.226 e. The number of carbonyl (C=O) groups excluding carboxylic acids is 1. The molecule has 1 N–H and O–H groups in total. The highest BCUT2D eigenvalue weighted by molar-refractivity contribution is 5.90. The van der Waals surface area contributed by atoms with Gasteiger partial charge in [-0.1, -0.05) is 11.6 Å². The van der Waals surface area contributed by atoms with Crippen molar-refractivity contribution >= 4 is 11.6 Å². The Morgan fingerprint density at radius 3 is 2.84 bits per heavy atom. The Balaban J connectivity index is 2.27. The lowest BCUT2D eigenvalue weighted by Crippen LogP contribution is -2.14. The molecule has 19 heavy (non-hydrogen) atoms. The monoisotopic (exact) mass is 258 g/mol. The zero-order valence-electron chi connectivity index (χ0n) is 11.1. The lowest BCUT2D eigenvalue weighted by atomic mass is 10.2. The van der Waals surface area contributed by atoms with Gasteiger partial charge in [-0.2, -0.15) is 5.26 Å². The second-order valence-corrected chi connectivity index (χ2v) is 4.31. The highest BCUT2D eigenvalue weighted by atomic mass is 16.5. The van der Waals surface area contributed by atoms with Crippen molar-refractivity contribution in [2.24, 2.45) is 0 Å². The van der Waals surface area contributed by atoms with Crippen molar-refractivity contribution in [3.63, 3.8) is 0 Å². The third-order valence-electron chi connectivity index (χ3n) is 2.42. The van der Waals surface area contributed by atoms with Gasteiger partial charge in [0.2, 0.25) is 5.91 Å². The maximum absolute atomic E-state index is 11.6. The third-order valence-corrected chi connectivity index (χ3v) is 2.42. The van der Waals surface area contributed by atoms with E-state index in [9.17, 15) is 4.79 Å². The summed E-state index contributed by atoms with van der Waals surface area (Å²) >= 11 is 0. The number of anilines is 1. The van der Waals surface area contributed by atoms with Crippen LogP contribution in [-0.2, 0) is 9.53 Å². The first-order valence-electron chi connectivity index (χ1n) is 6.14. The summed E-state index contributed by atoms with van der Waals surface area (Å²) in [5.41, 5.74) is 2.22. The first-order valence-corrected chi connectivity index (χ1v) is 6.14. The van der Waals surface area contributed by atoms with Crippen LogP contribution in [0.4, 0.5) is 5.69 Å². The molecule has 0 bridgehead atoms. The molecule has 0 aliphatic heterocycles. The molecule has 0 radical (unpaired) electrons. The number of nitrogens with zero attached hydrogens (tertiary/aromatic N) is 1. The number of hydrogen-bond acceptors (Lipinski definition) is 3. The summed E-state index contributed by atoms with van der Waals surface area (Å²) in [6.07, 6.45) is 1.11. The zero-order valence-corrected chi connectivity index (χ0v) is 11.1. The van der Waals surface area contributed by atoms with Crippen LogP contribution in [0.2, 0.25) is 0 Å². The van der Waals surface area contributed by atoms with E-state index in [0.29, 0.717) is 30.9 Å². The van der Waals surface area contributed by atoms with Gasteiger partial charge in [0, 0.05) is 5.69 Å². The van der Waals surface area contributed by atoms with E-state index in [4.69, 9.17) is 10.00 Å². The summed E-state index contributed by atoms with van der Waals surface area (Å²) in [5, 5.41) is 11.5. The van der Waals surface area contributed by atoms with Gasteiger partial charge in [-0.15, -0.1) is 6.58 Å². The van der Waals surface area contributed by atoms with Crippen molar-refractivity contribution in [1.82, 2.24) is 0 Å². The van der Waals surface area contributed by atoms with Crippen LogP contribution in [-0.4, -0.2) is 19.1 Å². The molecule has 4 nitrogen and oxygen atoms in total. The summed E-state index contributed by atoms with van der Waals surface area (Å²) in [6, 6.07) is 8.84. The molecule has 1 amide bonds. The van der Waals surface area contributed by atoms with Crippen LogP contribution in [0.3, 0.4) is 0 Å². The second kappa shape index (κ2) is 8.06. The van der Waals surface area contributed by atoms with Crippen LogP contribution in [0.25, 0.3) is 0 Å². The average molecular weight is 258 g/mol. The van der Waals surface area contributed by atoms with E-state index in [0.717, 1.165) is 12.0 Å². The minimum atomic E-state index is -0.120. The number of benzene rings is 1. The van der Waals surface area contributed by atoms with Gasteiger partial charge < -0.3 is 10.1 Å². The molecule has 0 spiro atoms. The zero-order chi connectivity index (χ0) is 14.1. The Labute approximate surface area is 113 Å². The molecule has 1 rings (SSSR count). The van der Waals surface area contributed by atoms with Crippen LogP contribution in [0.1, 0.15) is 25.3 Å². The van der Waals surface area contributed by atoms with Crippen LogP contribution in [0.15, 0.2) is 36.4 Å². The predicted octanol–water partition coefficient (Wildman–Crippen LogP) is 2.87. The quantitative estimate of drug-likeness (QED) is 0.604. The largest absolute Gasteiger partial charge is 0.381 e. The van der Waals surface area contributed by atoms with Crippen molar-refractivity contribution in [2.75, 3.05) is 18.5 Å². The van der Waals surface area contributed by atoms with Gasteiger partial charge in [0.25, 0.3) is 0 Å². The van der Waals surface area contributed by atoms with Crippen molar-refractivity contribution in [3.8, 4) is 6.07 Å². The molecule has 0 heterocycles. The van der Waals surface area contributed by atoms with Crippen molar-refractivity contribution in [1.29, 1.82) is 5.26 Å². The Morgan fingerprint density at radius 1 is 1.42 bits per heavy atom. The minimum absolute atomic E-state index is 0.120. The summed E-state index contributed by atoms with van der Waals surface area (Å²) in [4.78, 5) is 11.6. The van der Waals surface area contributed by atoms with E-state index in [1.54, 1.807) is 24.3 Å². The maximum Gasteiger partial charge on any atom is 0.226 e. The third kappa shape index (κ3) is 6.39. The fourth-order valence-electron chi connectivity index (χ4n) is 1.40. The molecule has 0 saturated carbocycles. The average Bonchev–Trinajstić information content (AvgIpc) is 2.38. The topological polar surface area (TPSA) is 62.1 Å². The molecule has 0 aliphatic rings. The number of carbonyl (C=O) groups is 1. The number of nitriles is 1. The van der Waals surface area contributed by atoms with Gasteiger partial charge in [-0.25, -0.2) is 0 Å². The standard InChI is InChI=1S/C15H18N2O2/c1-12(2)6-8-19-9-7-15(18)17-14-5-3-4-13(10-14)11-16/h3-5,10H,1,6-9H2,2H3,(H,17,18). The molecule has 4 heteroatoms.